The molecular weight excluding hydrogens is 272 g/mol. The second-order valence-corrected chi connectivity index (χ2v) is 7.46. The lowest BCUT2D eigenvalue weighted by Gasteiger charge is -2.34. The van der Waals surface area contributed by atoms with Gasteiger partial charge in [-0.1, -0.05) is 19.9 Å². The van der Waals surface area contributed by atoms with Crippen LogP contribution in [0.3, 0.4) is 0 Å². The van der Waals surface area contributed by atoms with E-state index in [0.717, 1.165) is 0 Å². The van der Waals surface area contributed by atoms with E-state index >= 15 is 0 Å². The van der Waals surface area contributed by atoms with E-state index in [4.69, 9.17) is 0 Å². The third kappa shape index (κ3) is 3.03. The van der Waals surface area contributed by atoms with Crippen LogP contribution in [0, 0.1) is 0 Å². The lowest BCUT2D eigenvalue weighted by atomic mass is 9.90. The van der Waals surface area contributed by atoms with Crippen LogP contribution in [0.5, 0.6) is 0 Å². The predicted molar refractivity (Wildman–Crippen MR) is 80.8 cm³/mol. The molecule has 0 radical (unpaired) electrons. The summed E-state index contributed by atoms with van der Waals surface area (Å²) in [5.74, 6) is -0.0623. The van der Waals surface area contributed by atoms with Crippen LogP contribution in [-0.2, 0) is 15.0 Å². The van der Waals surface area contributed by atoms with Crippen molar-refractivity contribution in [2.45, 2.75) is 45.1 Å². The fourth-order valence-electron chi connectivity index (χ4n) is 2.57. The topological polar surface area (TPSA) is 49.4 Å². The quantitative estimate of drug-likeness (QED) is 0.928. The van der Waals surface area contributed by atoms with Crippen molar-refractivity contribution in [1.29, 1.82) is 0 Å². The number of amides is 2. The summed E-state index contributed by atoms with van der Waals surface area (Å²) in [6.45, 7) is 8.93. The summed E-state index contributed by atoms with van der Waals surface area (Å²) in [5, 5.41) is 4.84. The molecule has 1 fully saturated rings. The van der Waals surface area contributed by atoms with Crippen molar-refractivity contribution in [3.63, 3.8) is 0 Å². The lowest BCUT2D eigenvalue weighted by Crippen LogP contribution is -2.54. The summed E-state index contributed by atoms with van der Waals surface area (Å²) in [6, 6.07) is 4.13. The first-order chi connectivity index (χ1) is 9.22. The normalized spacial score (nSPS) is 19.7. The molecule has 0 unspecified atom stereocenters. The van der Waals surface area contributed by atoms with Crippen molar-refractivity contribution in [2.75, 3.05) is 13.1 Å². The molecule has 0 bridgehead atoms. The minimum absolute atomic E-state index is 0.00650. The molecule has 2 heterocycles. The fourth-order valence-corrected chi connectivity index (χ4v) is 3.41. The molecule has 1 N–H and O–H groups in total. The van der Waals surface area contributed by atoms with E-state index in [1.54, 1.807) is 25.2 Å². The number of nitrogens with zero attached hydrogens (tertiary/aromatic N) is 1. The van der Waals surface area contributed by atoms with Gasteiger partial charge in [0, 0.05) is 29.8 Å². The standard InChI is InChI=1S/C15H22N2O2S/c1-14(2,11-6-5-9-20-11)10-17-8-7-12(18)16-15(3,4)13(17)19/h5-6,9H,7-8,10H2,1-4H3,(H,16,18). The van der Waals surface area contributed by atoms with Gasteiger partial charge in [0.2, 0.25) is 11.8 Å². The Balaban J connectivity index is 2.19. The second kappa shape index (κ2) is 5.20. The summed E-state index contributed by atoms with van der Waals surface area (Å²) in [4.78, 5) is 27.3. The third-order valence-electron chi connectivity index (χ3n) is 3.66. The zero-order chi connectivity index (χ0) is 15.0. The van der Waals surface area contributed by atoms with Gasteiger partial charge in [-0.2, -0.15) is 0 Å². The lowest BCUT2D eigenvalue weighted by molar-refractivity contribution is -0.138. The van der Waals surface area contributed by atoms with Gasteiger partial charge in [-0.3, -0.25) is 9.59 Å². The first kappa shape index (κ1) is 15.0. The molecule has 0 aromatic carbocycles. The number of carbonyl (C=O) groups is 2. The molecule has 110 valence electrons. The summed E-state index contributed by atoms with van der Waals surface area (Å²) in [6.07, 6.45) is 0.371. The van der Waals surface area contributed by atoms with Crippen molar-refractivity contribution in [1.82, 2.24) is 10.2 Å². The average molecular weight is 294 g/mol. The van der Waals surface area contributed by atoms with Gasteiger partial charge in [0.05, 0.1) is 0 Å². The molecule has 1 aliphatic heterocycles. The van der Waals surface area contributed by atoms with Crippen LogP contribution >= 0.6 is 11.3 Å². The number of hydrogen-bond acceptors (Lipinski definition) is 3. The molecule has 1 aromatic heterocycles. The SMILES string of the molecule is CC1(C)NC(=O)CCN(CC(C)(C)c2cccs2)C1=O. The molecule has 0 aliphatic carbocycles. The molecule has 0 spiro atoms. The number of carbonyl (C=O) groups excluding carboxylic acids is 2. The molecule has 1 aromatic rings. The second-order valence-electron chi connectivity index (χ2n) is 6.51. The highest BCUT2D eigenvalue weighted by Gasteiger charge is 2.38. The van der Waals surface area contributed by atoms with Crippen molar-refractivity contribution in [2.24, 2.45) is 0 Å². The van der Waals surface area contributed by atoms with E-state index in [-0.39, 0.29) is 17.2 Å². The highest BCUT2D eigenvalue weighted by molar-refractivity contribution is 7.10. The van der Waals surface area contributed by atoms with Gasteiger partial charge >= 0.3 is 0 Å². The van der Waals surface area contributed by atoms with E-state index in [2.05, 4.69) is 30.6 Å². The minimum atomic E-state index is -0.820. The van der Waals surface area contributed by atoms with Crippen molar-refractivity contribution >= 4 is 23.2 Å². The maximum Gasteiger partial charge on any atom is 0.247 e. The van der Waals surface area contributed by atoms with E-state index in [1.165, 1.54) is 4.88 Å². The number of rotatable bonds is 3. The fraction of sp³-hybridized carbons (Fsp3) is 0.600. The van der Waals surface area contributed by atoms with Gasteiger partial charge in [-0.05, 0) is 25.3 Å². The monoisotopic (exact) mass is 294 g/mol. The first-order valence-electron chi connectivity index (χ1n) is 6.87. The van der Waals surface area contributed by atoms with Gasteiger partial charge < -0.3 is 10.2 Å². The van der Waals surface area contributed by atoms with Gasteiger partial charge in [0.1, 0.15) is 5.54 Å². The smallest absolute Gasteiger partial charge is 0.247 e. The Hall–Kier alpha value is -1.36. The highest BCUT2D eigenvalue weighted by Crippen LogP contribution is 2.29. The molecule has 2 amide bonds. The largest absolute Gasteiger partial charge is 0.342 e. The van der Waals surface area contributed by atoms with Gasteiger partial charge in [-0.15, -0.1) is 11.3 Å². The predicted octanol–water partition coefficient (Wildman–Crippen LogP) is 2.15. The Morgan fingerprint density at radius 2 is 2.10 bits per heavy atom. The highest BCUT2D eigenvalue weighted by atomic mass is 32.1. The average Bonchev–Trinajstić information content (AvgIpc) is 2.84. The van der Waals surface area contributed by atoms with Crippen LogP contribution in [0.25, 0.3) is 0 Å². The van der Waals surface area contributed by atoms with Gasteiger partial charge in [0.15, 0.2) is 0 Å². The Kier molecular flexibility index (Phi) is 3.91. The van der Waals surface area contributed by atoms with Crippen molar-refractivity contribution < 1.29 is 9.59 Å². The van der Waals surface area contributed by atoms with Crippen LogP contribution in [-0.4, -0.2) is 35.3 Å². The van der Waals surface area contributed by atoms with E-state index in [0.29, 0.717) is 19.5 Å². The van der Waals surface area contributed by atoms with Gasteiger partial charge in [-0.25, -0.2) is 0 Å². The van der Waals surface area contributed by atoms with Crippen molar-refractivity contribution in [3.05, 3.63) is 22.4 Å². The Labute approximate surface area is 124 Å². The Morgan fingerprint density at radius 3 is 2.70 bits per heavy atom. The number of thiophene rings is 1. The van der Waals surface area contributed by atoms with Crippen LogP contribution in [0.4, 0.5) is 0 Å². The van der Waals surface area contributed by atoms with E-state index < -0.39 is 5.54 Å². The molecular formula is C15H22N2O2S. The maximum atomic E-state index is 12.6. The summed E-state index contributed by atoms with van der Waals surface area (Å²) >= 11 is 1.70. The molecule has 1 aliphatic rings. The number of nitrogens with one attached hydrogen (secondary N) is 1. The van der Waals surface area contributed by atoms with Crippen LogP contribution in [0.2, 0.25) is 0 Å². The Morgan fingerprint density at radius 1 is 1.40 bits per heavy atom. The van der Waals surface area contributed by atoms with Gasteiger partial charge in [0.25, 0.3) is 0 Å². The molecule has 20 heavy (non-hydrogen) atoms. The van der Waals surface area contributed by atoms with Crippen LogP contribution in [0.1, 0.15) is 39.0 Å². The summed E-state index contributed by atoms with van der Waals surface area (Å²) in [5.41, 5.74) is -0.924. The summed E-state index contributed by atoms with van der Waals surface area (Å²) in [7, 11) is 0. The third-order valence-corrected chi connectivity index (χ3v) is 4.89. The zero-order valence-corrected chi connectivity index (χ0v) is 13.3. The maximum absolute atomic E-state index is 12.6. The molecule has 0 atom stereocenters. The first-order valence-corrected chi connectivity index (χ1v) is 7.75. The molecule has 2 rings (SSSR count). The minimum Gasteiger partial charge on any atom is -0.342 e. The van der Waals surface area contributed by atoms with Crippen LogP contribution in [0.15, 0.2) is 17.5 Å². The zero-order valence-electron chi connectivity index (χ0n) is 12.5. The molecule has 0 saturated carbocycles. The Bertz CT molecular complexity index is 506. The van der Waals surface area contributed by atoms with Crippen LogP contribution < -0.4 is 5.32 Å². The number of hydrogen-bond donors (Lipinski definition) is 1. The molecule has 1 saturated heterocycles. The van der Waals surface area contributed by atoms with Crippen molar-refractivity contribution in [3.8, 4) is 0 Å². The van der Waals surface area contributed by atoms with E-state index in [9.17, 15) is 9.59 Å². The molecule has 5 heteroatoms. The molecule has 4 nitrogen and oxygen atoms in total. The van der Waals surface area contributed by atoms with E-state index in [1.807, 2.05) is 11.0 Å². The summed E-state index contributed by atoms with van der Waals surface area (Å²) < 4.78 is 0.